The Morgan fingerprint density at radius 2 is 2.60 bits per heavy atom. The molecular weight excluding hydrogens is 134 g/mol. The van der Waals surface area contributed by atoms with Gasteiger partial charge in [0, 0.05) is 6.92 Å². The van der Waals surface area contributed by atoms with Crippen molar-refractivity contribution in [2.24, 2.45) is 10.3 Å². The Bertz CT molecular complexity index is 180. The van der Waals surface area contributed by atoms with Crippen LogP contribution in [0.2, 0.25) is 0 Å². The topological polar surface area (TPSA) is 90.2 Å². The van der Waals surface area contributed by atoms with Gasteiger partial charge in [-0.05, 0) is 0 Å². The largest absolute Gasteiger partial charge is 0.362 e. The van der Waals surface area contributed by atoms with E-state index in [0.717, 1.165) is 0 Å². The molecule has 0 spiro atoms. The molecule has 0 rings (SSSR count). The zero-order chi connectivity index (χ0) is 7.82. The van der Waals surface area contributed by atoms with Gasteiger partial charge in [-0.3, -0.25) is 4.79 Å². The van der Waals surface area contributed by atoms with Crippen molar-refractivity contribution in [2.75, 3.05) is 6.54 Å². The highest BCUT2D eigenvalue weighted by Gasteiger charge is 1.93. The maximum absolute atomic E-state index is 9.57. The summed E-state index contributed by atoms with van der Waals surface area (Å²) in [6.45, 7) is 1.76. The maximum atomic E-state index is 9.57. The molecule has 0 aromatic rings. The first-order valence-corrected chi connectivity index (χ1v) is 2.54. The van der Waals surface area contributed by atoms with Crippen LogP contribution in [0, 0.1) is 0 Å². The first-order valence-electron chi connectivity index (χ1n) is 2.54. The van der Waals surface area contributed by atoms with Gasteiger partial charge in [-0.1, -0.05) is 5.22 Å². The van der Waals surface area contributed by atoms with Gasteiger partial charge in [0.15, 0.2) is 6.54 Å². The summed E-state index contributed by atoms with van der Waals surface area (Å²) >= 11 is 0. The quantitative estimate of drug-likeness (QED) is 0.189. The number of nitrogens with zero attached hydrogens (tertiary/aromatic N) is 4. The molecule has 1 amide bonds. The second-order valence-corrected chi connectivity index (χ2v) is 1.48. The van der Waals surface area contributed by atoms with E-state index < -0.39 is 0 Å². The Morgan fingerprint density at radius 3 is 3.10 bits per heavy atom. The number of hydrogen-bond acceptors (Lipinski definition) is 3. The van der Waals surface area contributed by atoms with Crippen molar-refractivity contribution in [2.45, 2.75) is 6.92 Å². The maximum Gasteiger partial charge on any atom is 0.288 e. The third-order valence-electron chi connectivity index (χ3n) is 0.651. The van der Waals surface area contributed by atoms with E-state index in [-0.39, 0.29) is 6.54 Å². The lowest BCUT2D eigenvalue weighted by Crippen LogP contribution is -2.01. The molecule has 0 heterocycles. The zero-order valence-electron chi connectivity index (χ0n) is 5.48. The van der Waals surface area contributed by atoms with Crippen LogP contribution in [0.1, 0.15) is 6.92 Å². The predicted molar refractivity (Wildman–Crippen MR) is 33.2 cm³/mol. The number of carbonyl (C=O) groups is 1. The highest BCUT2D eigenvalue weighted by molar-refractivity contribution is 5.78. The summed E-state index contributed by atoms with van der Waals surface area (Å²) in [5, 5.41) is 6.62. The molecule has 54 valence electrons. The van der Waals surface area contributed by atoms with E-state index >= 15 is 0 Å². The Kier molecular flexibility index (Phi) is 4.72. The Balaban J connectivity index is 3.53. The van der Waals surface area contributed by atoms with Gasteiger partial charge in [-0.15, -0.1) is 0 Å². The molecule has 0 fully saturated rings. The van der Waals surface area contributed by atoms with Crippen LogP contribution in [0.4, 0.5) is 0 Å². The molecule has 0 aromatic carbocycles. The van der Waals surface area contributed by atoms with Crippen molar-refractivity contribution in [3.05, 3.63) is 5.53 Å². The second kappa shape index (κ2) is 5.58. The zero-order valence-corrected chi connectivity index (χ0v) is 5.48. The summed E-state index contributed by atoms with van der Waals surface area (Å²) < 4.78 is 0. The molecule has 0 bridgehead atoms. The van der Waals surface area contributed by atoms with Crippen molar-refractivity contribution in [3.63, 3.8) is 0 Å². The van der Waals surface area contributed by atoms with Gasteiger partial charge >= 0.3 is 0 Å². The third-order valence-corrected chi connectivity index (χ3v) is 0.651. The predicted octanol–water partition coefficient (Wildman–Crippen LogP) is -0.210. The van der Waals surface area contributed by atoms with Crippen LogP contribution in [-0.4, -0.2) is 23.5 Å². The summed E-state index contributed by atoms with van der Waals surface area (Å²) in [4.78, 5) is 12.4. The standard InChI is InChI=1S/C4H7N5O/c1-4(8-5)2-6-9-7-3-10/h3H,2H2,1H3,(H,6,7,10). The first kappa shape index (κ1) is 8.45. The molecule has 0 aromatic heterocycles. The van der Waals surface area contributed by atoms with E-state index in [0.29, 0.717) is 12.1 Å². The van der Waals surface area contributed by atoms with Crippen LogP contribution >= 0.6 is 0 Å². The molecule has 0 atom stereocenters. The van der Waals surface area contributed by atoms with Crippen LogP contribution in [0.3, 0.4) is 0 Å². The molecule has 0 aliphatic heterocycles. The van der Waals surface area contributed by atoms with E-state index in [9.17, 15) is 4.79 Å². The number of hydrogen-bond donors (Lipinski definition) is 1. The first-order chi connectivity index (χ1) is 4.81. The van der Waals surface area contributed by atoms with E-state index in [1.165, 1.54) is 0 Å². The average molecular weight is 141 g/mol. The summed E-state index contributed by atoms with van der Waals surface area (Å²) in [6.07, 6.45) is 0.398. The van der Waals surface area contributed by atoms with Crippen LogP contribution in [0.5, 0.6) is 0 Å². The molecule has 0 aliphatic rings. The van der Waals surface area contributed by atoms with E-state index in [1.807, 2.05) is 5.43 Å². The van der Waals surface area contributed by atoms with Gasteiger partial charge in [0.05, 0.1) is 0 Å². The molecular formula is C4H7N5O. The summed E-state index contributed by atoms with van der Waals surface area (Å²) in [6, 6.07) is 0. The van der Waals surface area contributed by atoms with Crippen molar-refractivity contribution in [1.82, 2.24) is 5.43 Å². The van der Waals surface area contributed by atoms with Gasteiger partial charge in [-0.2, -0.15) is 9.90 Å². The van der Waals surface area contributed by atoms with Crippen molar-refractivity contribution in [1.29, 1.82) is 0 Å². The fraction of sp³-hybridized carbons (Fsp3) is 0.500. The number of carbonyl (C=O) groups excluding carboxylic acids is 1. The molecule has 6 heteroatoms. The molecule has 10 heavy (non-hydrogen) atoms. The molecule has 0 unspecified atom stereocenters. The minimum Gasteiger partial charge on any atom is -0.362 e. The fourth-order valence-electron chi connectivity index (χ4n) is 0.234. The Labute approximate surface area is 57.5 Å². The highest BCUT2D eigenvalue weighted by Crippen LogP contribution is 1.72. The van der Waals surface area contributed by atoms with Gasteiger partial charge < -0.3 is 5.53 Å². The minimum absolute atomic E-state index is 0.178. The molecule has 0 aliphatic carbocycles. The Morgan fingerprint density at radius 1 is 1.90 bits per heavy atom. The van der Waals surface area contributed by atoms with Gasteiger partial charge in [-0.25, -0.2) is 5.43 Å². The van der Waals surface area contributed by atoms with E-state index in [4.69, 9.17) is 5.53 Å². The minimum atomic E-state index is 0.178. The summed E-state index contributed by atoms with van der Waals surface area (Å²) in [7, 11) is 0. The number of nitrogens with one attached hydrogen (secondary N) is 1. The highest BCUT2D eigenvalue weighted by atomic mass is 16.1. The molecule has 0 saturated heterocycles. The molecule has 0 radical (unpaired) electrons. The van der Waals surface area contributed by atoms with Crippen molar-refractivity contribution < 1.29 is 9.58 Å². The lowest BCUT2D eigenvalue weighted by atomic mass is 10.4. The van der Waals surface area contributed by atoms with Crippen LogP contribution in [0.25, 0.3) is 5.53 Å². The monoisotopic (exact) mass is 141 g/mol. The van der Waals surface area contributed by atoms with Crippen LogP contribution in [-0.2, 0) is 4.79 Å². The molecule has 6 nitrogen and oxygen atoms in total. The third kappa shape index (κ3) is 4.61. The smallest absolute Gasteiger partial charge is 0.288 e. The lowest BCUT2D eigenvalue weighted by Gasteiger charge is -1.80. The number of amides is 1. The fourth-order valence-corrected chi connectivity index (χ4v) is 0.234. The number of rotatable bonds is 4. The molecule has 0 saturated carbocycles. The van der Waals surface area contributed by atoms with Gasteiger partial charge in [0.25, 0.3) is 5.71 Å². The van der Waals surface area contributed by atoms with Crippen molar-refractivity contribution in [3.8, 4) is 0 Å². The van der Waals surface area contributed by atoms with Crippen molar-refractivity contribution >= 4 is 12.1 Å². The summed E-state index contributed by atoms with van der Waals surface area (Å²) in [5.74, 6) is 0. The lowest BCUT2D eigenvalue weighted by molar-refractivity contribution is -0.109. The van der Waals surface area contributed by atoms with E-state index in [1.54, 1.807) is 6.92 Å². The van der Waals surface area contributed by atoms with Crippen LogP contribution in [0.15, 0.2) is 10.3 Å². The van der Waals surface area contributed by atoms with Crippen LogP contribution < -0.4 is 5.43 Å². The molecule has 1 N–H and O–H groups in total. The van der Waals surface area contributed by atoms with Gasteiger partial charge in [0.1, 0.15) is 0 Å². The second-order valence-electron chi connectivity index (χ2n) is 1.48. The average Bonchev–Trinajstić information content (AvgIpc) is 1.98. The normalized spacial score (nSPS) is 8.90. The SMILES string of the molecule is CC(CN=NNC=O)=[N+]=[N-]. The van der Waals surface area contributed by atoms with Gasteiger partial charge in [0.2, 0.25) is 6.41 Å². The van der Waals surface area contributed by atoms with E-state index in [2.05, 4.69) is 15.1 Å². The Hall–Kier alpha value is -1.55. The summed E-state index contributed by atoms with van der Waals surface area (Å²) in [5.41, 5.74) is 10.5.